The second kappa shape index (κ2) is 13.0. The van der Waals surface area contributed by atoms with Gasteiger partial charge in [0.05, 0.1) is 0 Å². The minimum atomic E-state index is -0.139. The third-order valence-corrected chi connectivity index (χ3v) is 5.44. The first kappa shape index (κ1) is 30.7. The Labute approximate surface area is 210 Å². The smallest absolute Gasteiger partial charge is 1.00 e. The van der Waals surface area contributed by atoms with Crippen molar-refractivity contribution in [3.8, 4) is 0 Å². The van der Waals surface area contributed by atoms with Gasteiger partial charge in [0, 0.05) is 0 Å². The van der Waals surface area contributed by atoms with Gasteiger partial charge in [-0.2, -0.15) is 11.6 Å². The summed E-state index contributed by atoms with van der Waals surface area (Å²) in [6.45, 7) is 9.39. The predicted molar refractivity (Wildman–Crippen MR) is 107 cm³/mol. The third-order valence-electron chi connectivity index (χ3n) is 5.44. The number of hydrogen-bond acceptors (Lipinski definition) is 0. The van der Waals surface area contributed by atoms with Crippen LogP contribution in [0.5, 0.6) is 0 Å². The molecule has 0 aromatic heterocycles. The van der Waals surface area contributed by atoms with E-state index in [0.717, 1.165) is 19.3 Å². The molecule has 3 rings (SSSR count). The number of halogens is 3. The van der Waals surface area contributed by atoms with E-state index in [9.17, 15) is 0 Å². The summed E-state index contributed by atoms with van der Waals surface area (Å²) >= 11 is 0. The molecule has 0 saturated heterocycles. The Morgan fingerprint density at radius 2 is 1.24 bits per heavy atom. The molecular formula is C25H29Cl3Ti. The number of allylic oxidation sites excluding steroid dienone is 4. The molecule has 2 aromatic rings. The van der Waals surface area contributed by atoms with E-state index < -0.39 is 0 Å². The number of rotatable bonds is 5. The Balaban J connectivity index is 0. The maximum Gasteiger partial charge on any atom is 4.00 e. The standard InChI is InChI=1S/C25H29.3ClH.Ti/c1-5-13-20-14-12-19-23(20)25(24(2,3)4,21-15-8-6-9-16-21)22-17-10-7-11-18-22;;;;/h6-12,15-18H,5,13,19H2,1-4H3;3*1H;/q-1;;;;+4/p-3. The third kappa shape index (κ3) is 5.81. The van der Waals surface area contributed by atoms with E-state index in [1.54, 1.807) is 0 Å². The van der Waals surface area contributed by atoms with Gasteiger partial charge in [-0.1, -0.05) is 108 Å². The van der Waals surface area contributed by atoms with Gasteiger partial charge in [0.25, 0.3) is 0 Å². The maximum absolute atomic E-state index is 3.58. The van der Waals surface area contributed by atoms with Gasteiger partial charge >= 0.3 is 21.7 Å². The first-order chi connectivity index (χ1) is 12.0. The monoisotopic (exact) mass is 482 g/mol. The molecule has 0 spiro atoms. The molecule has 0 heterocycles. The first-order valence-electron chi connectivity index (χ1n) is 9.43. The van der Waals surface area contributed by atoms with Crippen LogP contribution in [0, 0.1) is 11.5 Å². The van der Waals surface area contributed by atoms with Crippen molar-refractivity contribution in [2.45, 2.75) is 52.4 Å². The van der Waals surface area contributed by atoms with Gasteiger partial charge in [-0.25, -0.2) is 5.57 Å². The van der Waals surface area contributed by atoms with Crippen LogP contribution in [-0.2, 0) is 27.1 Å². The van der Waals surface area contributed by atoms with Gasteiger partial charge in [0.2, 0.25) is 0 Å². The van der Waals surface area contributed by atoms with Crippen molar-refractivity contribution in [1.82, 2.24) is 0 Å². The molecule has 154 valence electrons. The fraction of sp³-hybridized carbons (Fsp3) is 0.360. The van der Waals surface area contributed by atoms with E-state index in [1.165, 1.54) is 22.3 Å². The van der Waals surface area contributed by atoms with Gasteiger partial charge in [-0.3, -0.25) is 6.08 Å². The summed E-state index contributed by atoms with van der Waals surface area (Å²) in [4.78, 5) is 0. The zero-order valence-corrected chi connectivity index (χ0v) is 21.4. The van der Waals surface area contributed by atoms with Gasteiger partial charge < -0.3 is 37.2 Å². The Morgan fingerprint density at radius 3 is 1.62 bits per heavy atom. The van der Waals surface area contributed by atoms with E-state index in [0.29, 0.717) is 0 Å². The van der Waals surface area contributed by atoms with Crippen LogP contribution in [0.4, 0.5) is 0 Å². The zero-order valence-electron chi connectivity index (χ0n) is 17.6. The molecule has 1 aliphatic rings. The molecule has 2 aromatic carbocycles. The summed E-state index contributed by atoms with van der Waals surface area (Å²) in [5.41, 5.74) is 5.61. The quantitative estimate of drug-likeness (QED) is 0.337. The van der Waals surface area contributed by atoms with Crippen molar-refractivity contribution in [3.63, 3.8) is 0 Å². The van der Waals surface area contributed by atoms with E-state index in [-0.39, 0.29) is 69.8 Å². The van der Waals surface area contributed by atoms with Gasteiger partial charge in [0.1, 0.15) is 0 Å². The van der Waals surface area contributed by atoms with Crippen LogP contribution in [0.25, 0.3) is 0 Å². The average molecular weight is 484 g/mol. The molecule has 0 saturated carbocycles. The van der Waals surface area contributed by atoms with Crippen LogP contribution in [0.15, 0.2) is 77.9 Å². The molecule has 0 bridgehead atoms. The van der Waals surface area contributed by atoms with Crippen LogP contribution in [0.2, 0.25) is 0 Å². The molecule has 29 heavy (non-hydrogen) atoms. The van der Waals surface area contributed by atoms with E-state index >= 15 is 0 Å². The summed E-state index contributed by atoms with van der Waals surface area (Å²) < 4.78 is 0. The summed E-state index contributed by atoms with van der Waals surface area (Å²) in [6.07, 6.45) is 9.06. The topological polar surface area (TPSA) is 0 Å². The first-order valence-corrected chi connectivity index (χ1v) is 9.43. The molecule has 0 N–H and O–H groups in total. The second-order valence-electron chi connectivity index (χ2n) is 7.99. The molecule has 0 radical (unpaired) electrons. The van der Waals surface area contributed by atoms with Crippen LogP contribution < -0.4 is 37.2 Å². The fourth-order valence-electron chi connectivity index (χ4n) is 4.55. The summed E-state index contributed by atoms with van der Waals surface area (Å²) in [5.74, 6) is 0. The number of hydrogen-bond donors (Lipinski definition) is 0. The van der Waals surface area contributed by atoms with Gasteiger partial charge in [-0.15, -0.1) is 0 Å². The Kier molecular flexibility index (Phi) is 13.8. The van der Waals surface area contributed by atoms with E-state index in [1.807, 2.05) is 0 Å². The molecule has 1 aliphatic carbocycles. The van der Waals surface area contributed by atoms with Crippen molar-refractivity contribution in [2.24, 2.45) is 5.41 Å². The van der Waals surface area contributed by atoms with Gasteiger partial charge in [0.15, 0.2) is 0 Å². The van der Waals surface area contributed by atoms with Crippen LogP contribution in [0.1, 0.15) is 58.1 Å². The number of benzene rings is 2. The van der Waals surface area contributed by atoms with Crippen molar-refractivity contribution in [3.05, 3.63) is 95.1 Å². The molecule has 0 atom stereocenters. The average Bonchev–Trinajstić information content (AvgIpc) is 3.05. The van der Waals surface area contributed by atoms with Crippen molar-refractivity contribution >= 4 is 0 Å². The molecule has 0 amide bonds. The van der Waals surface area contributed by atoms with E-state index in [4.69, 9.17) is 0 Å². The summed E-state index contributed by atoms with van der Waals surface area (Å²) in [6, 6.07) is 22.1. The molecular weight excluding hydrogens is 455 g/mol. The van der Waals surface area contributed by atoms with Crippen molar-refractivity contribution in [1.29, 1.82) is 0 Å². The molecule has 0 aliphatic heterocycles. The fourth-order valence-corrected chi connectivity index (χ4v) is 4.55. The Bertz CT molecular complexity index is 735. The second-order valence-corrected chi connectivity index (χ2v) is 7.99. The minimum absolute atomic E-state index is 0. The SMILES string of the molecule is CCCC1=C(C(c2ccccc2)(c2ccccc2)C(C)(C)C)CC=[C-]1.[Cl-].[Cl-].[Cl-].[Ti+4]. The van der Waals surface area contributed by atoms with Crippen molar-refractivity contribution < 1.29 is 58.9 Å². The Hall–Kier alpha value is -0.496. The van der Waals surface area contributed by atoms with Crippen LogP contribution in [0.3, 0.4) is 0 Å². The minimum Gasteiger partial charge on any atom is -1.00 e. The van der Waals surface area contributed by atoms with Crippen molar-refractivity contribution in [2.75, 3.05) is 0 Å². The zero-order chi connectivity index (χ0) is 17.9. The molecule has 0 unspecified atom stereocenters. The predicted octanol–water partition coefficient (Wildman–Crippen LogP) is -2.11. The normalized spacial score (nSPS) is 13.0. The van der Waals surface area contributed by atoms with Crippen LogP contribution >= 0.6 is 0 Å². The van der Waals surface area contributed by atoms with Crippen LogP contribution in [-0.4, -0.2) is 0 Å². The maximum atomic E-state index is 3.58. The summed E-state index contributed by atoms with van der Waals surface area (Å²) in [7, 11) is 0. The molecule has 0 nitrogen and oxygen atoms in total. The van der Waals surface area contributed by atoms with Gasteiger partial charge in [-0.05, 0) is 22.0 Å². The van der Waals surface area contributed by atoms with E-state index in [2.05, 4.69) is 101 Å². The molecule has 0 fully saturated rings. The Morgan fingerprint density at radius 1 is 0.793 bits per heavy atom. The summed E-state index contributed by atoms with van der Waals surface area (Å²) in [5, 5.41) is 0. The molecule has 4 heteroatoms. The largest absolute Gasteiger partial charge is 4.00 e.